The molecule has 2 heterocycles. The summed E-state index contributed by atoms with van der Waals surface area (Å²) in [7, 11) is 0. The van der Waals surface area contributed by atoms with E-state index >= 15 is 0 Å². The van der Waals surface area contributed by atoms with Crippen molar-refractivity contribution in [2.75, 3.05) is 0 Å². The van der Waals surface area contributed by atoms with Gasteiger partial charge in [0.1, 0.15) is 11.7 Å². The van der Waals surface area contributed by atoms with Gasteiger partial charge >= 0.3 is 0 Å². The zero-order valence-corrected chi connectivity index (χ0v) is 9.38. The zero-order valence-electron chi connectivity index (χ0n) is 9.38. The normalized spacial score (nSPS) is 21.7. The van der Waals surface area contributed by atoms with Gasteiger partial charge in [0.15, 0.2) is 0 Å². The highest BCUT2D eigenvalue weighted by molar-refractivity contribution is 5.89. The van der Waals surface area contributed by atoms with Gasteiger partial charge in [0.2, 0.25) is 5.91 Å². The molecule has 0 amide bonds. The van der Waals surface area contributed by atoms with Crippen molar-refractivity contribution in [1.29, 1.82) is 5.26 Å². The number of nitriles is 1. The number of carbonyl (C=O) groups excluding carboxylic acids is 1. The molecule has 4 heteroatoms. The highest BCUT2D eigenvalue weighted by Crippen LogP contribution is 2.38. The second kappa shape index (κ2) is 3.81. The van der Waals surface area contributed by atoms with Crippen molar-refractivity contribution in [1.82, 2.24) is 4.57 Å². The van der Waals surface area contributed by atoms with Crippen LogP contribution in [0.5, 0.6) is 0 Å². The molecule has 0 spiro atoms. The highest BCUT2D eigenvalue weighted by Gasteiger charge is 2.40. The van der Waals surface area contributed by atoms with Crippen LogP contribution in [0.2, 0.25) is 0 Å². The van der Waals surface area contributed by atoms with E-state index in [4.69, 9.17) is 5.26 Å². The molecule has 0 fully saturated rings. The van der Waals surface area contributed by atoms with Crippen molar-refractivity contribution in [3.05, 3.63) is 59.7 Å². The molecular formula is C14H9FN2O. The first-order chi connectivity index (χ1) is 8.72. The highest BCUT2D eigenvalue weighted by atomic mass is 19.1. The number of fused-ring (bicyclic) bond motifs is 1. The van der Waals surface area contributed by atoms with Gasteiger partial charge in [-0.1, -0.05) is 12.1 Å². The van der Waals surface area contributed by atoms with E-state index in [1.165, 1.54) is 16.7 Å². The van der Waals surface area contributed by atoms with E-state index in [1.807, 2.05) is 12.1 Å². The summed E-state index contributed by atoms with van der Waals surface area (Å²) < 4.78 is 14.4. The minimum absolute atomic E-state index is 0.216. The lowest BCUT2D eigenvalue weighted by molar-refractivity contribution is 0.0888. The Bertz CT molecular complexity index is 651. The van der Waals surface area contributed by atoms with Gasteiger partial charge in [0.05, 0.1) is 6.07 Å². The van der Waals surface area contributed by atoms with E-state index in [0.29, 0.717) is 0 Å². The lowest BCUT2D eigenvalue weighted by Gasteiger charge is -2.12. The van der Waals surface area contributed by atoms with Crippen molar-refractivity contribution in [3.63, 3.8) is 0 Å². The zero-order chi connectivity index (χ0) is 12.7. The summed E-state index contributed by atoms with van der Waals surface area (Å²) in [6.45, 7) is 0. The number of rotatable bonds is 1. The van der Waals surface area contributed by atoms with Gasteiger partial charge in [-0.05, 0) is 29.8 Å². The fourth-order valence-electron chi connectivity index (χ4n) is 2.47. The van der Waals surface area contributed by atoms with Crippen LogP contribution >= 0.6 is 0 Å². The summed E-state index contributed by atoms with van der Waals surface area (Å²) in [6.07, 6.45) is 1.66. The van der Waals surface area contributed by atoms with Crippen molar-refractivity contribution in [2.45, 2.75) is 5.92 Å². The Morgan fingerprint density at radius 2 is 1.94 bits per heavy atom. The number of hydrogen-bond acceptors (Lipinski definition) is 2. The third kappa shape index (κ3) is 1.37. The number of hydrogen-bond donors (Lipinski definition) is 0. The van der Waals surface area contributed by atoms with E-state index in [-0.39, 0.29) is 17.6 Å². The average molecular weight is 240 g/mol. The maximum atomic E-state index is 12.9. The van der Waals surface area contributed by atoms with Gasteiger partial charge in [0.25, 0.3) is 0 Å². The van der Waals surface area contributed by atoms with Crippen molar-refractivity contribution in [3.8, 4) is 6.07 Å². The lowest BCUT2D eigenvalue weighted by atomic mass is 9.87. The van der Waals surface area contributed by atoms with Crippen LogP contribution in [0.4, 0.5) is 4.39 Å². The molecule has 2 aromatic rings. The Labute approximate surface area is 103 Å². The van der Waals surface area contributed by atoms with Gasteiger partial charge in [-0.3, -0.25) is 9.36 Å². The summed E-state index contributed by atoms with van der Waals surface area (Å²) in [4.78, 5) is 12.0. The molecule has 0 bridgehead atoms. The van der Waals surface area contributed by atoms with Crippen LogP contribution in [0.1, 0.15) is 22.0 Å². The van der Waals surface area contributed by atoms with Gasteiger partial charge in [-0.2, -0.15) is 5.26 Å². The van der Waals surface area contributed by atoms with Crippen LogP contribution in [0.25, 0.3) is 0 Å². The predicted molar refractivity (Wildman–Crippen MR) is 62.4 cm³/mol. The van der Waals surface area contributed by atoms with E-state index in [9.17, 15) is 9.18 Å². The Morgan fingerprint density at radius 3 is 2.61 bits per heavy atom. The fourth-order valence-corrected chi connectivity index (χ4v) is 2.47. The molecule has 0 N–H and O–H groups in total. The first kappa shape index (κ1) is 10.7. The van der Waals surface area contributed by atoms with Crippen LogP contribution in [-0.2, 0) is 0 Å². The average Bonchev–Trinajstić information content (AvgIpc) is 2.93. The SMILES string of the molecule is N#CC1C(=O)n2cccc2C1c1ccc(F)cc1. The summed E-state index contributed by atoms with van der Waals surface area (Å²) in [5.74, 6) is -1.58. The van der Waals surface area contributed by atoms with Gasteiger partial charge in [-0.25, -0.2) is 4.39 Å². The maximum Gasteiger partial charge on any atom is 0.249 e. The molecule has 0 aliphatic carbocycles. The third-order valence-corrected chi connectivity index (χ3v) is 3.30. The molecule has 1 aromatic carbocycles. The molecule has 3 rings (SSSR count). The van der Waals surface area contributed by atoms with Crippen LogP contribution in [0.3, 0.4) is 0 Å². The van der Waals surface area contributed by atoms with Crippen LogP contribution in [-0.4, -0.2) is 10.5 Å². The molecule has 1 aliphatic rings. The number of nitrogens with zero attached hydrogens (tertiary/aromatic N) is 2. The number of benzene rings is 1. The van der Waals surface area contributed by atoms with Gasteiger partial charge in [0, 0.05) is 17.8 Å². The van der Waals surface area contributed by atoms with Crippen LogP contribution < -0.4 is 0 Å². The second-order valence-electron chi connectivity index (χ2n) is 4.28. The first-order valence-corrected chi connectivity index (χ1v) is 5.59. The number of aromatic nitrogens is 1. The minimum atomic E-state index is -0.730. The van der Waals surface area contributed by atoms with E-state index in [1.54, 1.807) is 24.4 Å². The molecular weight excluding hydrogens is 231 g/mol. The predicted octanol–water partition coefficient (Wildman–Crippen LogP) is 2.55. The maximum absolute atomic E-state index is 12.9. The molecule has 2 unspecified atom stereocenters. The molecule has 0 radical (unpaired) electrons. The molecule has 2 atom stereocenters. The van der Waals surface area contributed by atoms with Crippen molar-refractivity contribution < 1.29 is 9.18 Å². The molecule has 1 aromatic heterocycles. The fraction of sp³-hybridized carbons (Fsp3) is 0.143. The molecule has 18 heavy (non-hydrogen) atoms. The second-order valence-corrected chi connectivity index (χ2v) is 4.28. The smallest absolute Gasteiger partial charge is 0.249 e. The standard InChI is InChI=1S/C14H9FN2O/c15-10-5-3-9(4-6-10)13-11(8-16)14(18)17-7-1-2-12(13)17/h1-7,11,13H. The Balaban J connectivity index is 2.13. The van der Waals surface area contributed by atoms with Crippen molar-refractivity contribution >= 4 is 5.91 Å². The molecule has 88 valence electrons. The topological polar surface area (TPSA) is 45.8 Å². The molecule has 3 nitrogen and oxygen atoms in total. The first-order valence-electron chi connectivity index (χ1n) is 5.59. The Morgan fingerprint density at radius 1 is 1.22 bits per heavy atom. The van der Waals surface area contributed by atoms with E-state index < -0.39 is 5.92 Å². The van der Waals surface area contributed by atoms with Crippen LogP contribution in [0, 0.1) is 23.1 Å². The lowest BCUT2D eigenvalue weighted by Crippen LogP contribution is -2.15. The molecule has 1 aliphatic heterocycles. The summed E-state index contributed by atoms with van der Waals surface area (Å²) in [6, 6.07) is 11.6. The molecule has 0 saturated heterocycles. The monoisotopic (exact) mass is 240 g/mol. The number of carbonyl (C=O) groups is 1. The summed E-state index contributed by atoms with van der Waals surface area (Å²) in [5.41, 5.74) is 1.58. The third-order valence-electron chi connectivity index (χ3n) is 3.30. The molecule has 0 saturated carbocycles. The summed E-state index contributed by atoms with van der Waals surface area (Å²) in [5, 5.41) is 9.16. The van der Waals surface area contributed by atoms with Crippen LogP contribution in [0.15, 0.2) is 42.6 Å². The van der Waals surface area contributed by atoms with Gasteiger partial charge in [-0.15, -0.1) is 0 Å². The van der Waals surface area contributed by atoms with E-state index in [0.717, 1.165) is 11.3 Å². The van der Waals surface area contributed by atoms with E-state index in [2.05, 4.69) is 0 Å². The Hall–Kier alpha value is -2.41. The van der Waals surface area contributed by atoms with Gasteiger partial charge < -0.3 is 0 Å². The quantitative estimate of drug-likeness (QED) is 0.769. The largest absolute Gasteiger partial charge is 0.290 e. The minimum Gasteiger partial charge on any atom is -0.290 e. The summed E-state index contributed by atoms with van der Waals surface area (Å²) >= 11 is 0. The number of halogens is 1. The Kier molecular flexibility index (Phi) is 2.27. The van der Waals surface area contributed by atoms with Crippen molar-refractivity contribution in [2.24, 2.45) is 5.92 Å².